The largest absolute Gasteiger partial charge is 0.445 e. The van der Waals surface area contributed by atoms with Crippen molar-refractivity contribution in [3.8, 4) is 0 Å². The Balaban J connectivity index is 1.42. The third-order valence-electron chi connectivity index (χ3n) is 5.23. The van der Waals surface area contributed by atoms with Crippen LogP contribution >= 0.6 is 11.3 Å². The highest BCUT2D eigenvalue weighted by atomic mass is 32.1. The second kappa shape index (κ2) is 11.0. The number of rotatable bonds is 8. The molecule has 1 aromatic heterocycles. The highest BCUT2D eigenvalue weighted by Crippen LogP contribution is 2.28. The Morgan fingerprint density at radius 1 is 1.14 bits per heavy atom. The van der Waals surface area contributed by atoms with Gasteiger partial charge in [-0.25, -0.2) is 4.79 Å². The lowest BCUT2D eigenvalue weighted by Crippen LogP contribution is -2.44. The van der Waals surface area contributed by atoms with Crippen LogP contribution in [0.1, 0.15) is 36.2 Å². The van der Waals surface area contributed by atoms with E-state index in [0.717, 1.165) is 24.6 Å². The summed E-state index contributed by atoms with van der Waals surface area (Å²) in [6.45, 7) is 5.01. The van der Waals surface area contributed by atoms with Crippen molar-refractivity contribution in [2.75, 3.05) is 26.2 Å². The van der Waals surface area contributed by atoms with Crippen LogP contribution in [-0.2, 0) is 16.1 Å². The minimum atomic E-state index is -0.594. The van der Waals surface area contributed by atoms with Crippen molar-refractivity contribution in [2.45, 2.75) is 32.4 Å². The van der Waals surface area contributed by atoms with Crippen LogP contribution in [0.5, 0.6) is 0 Å². The predicted molar refractivity (Wildman–Crippen MR) is 115 cm³/mol. The van der Waals surface area contributed by atoms with E-state index in [2.05, 4.69) is 33.9 Å². The quantitative estimate of drug-likeness (QED) is 0.692. The van der Waals surface area contributed by atoms with Crippen LogP contribution in [0.3, 0.4) is 0 Å². The van der Waals surface area contributed by atoms with E-state index in [4.69, 9.17) is 4.74 Å². The van der Waals surface area contributed by atoms with Gasteiger partial charge in [0.05, 0.1) is 12.6 Å². The molecule has 7 heteroatoms. The zero-order chi connectivity index (χ0) is 20.5. The molecule has 3 rings (SSSR count). The van der Waals surface area contributed by atoms with E-state index >= 15 is 0 Å². The Morgan fingerprint density at radius 3 is 2.59 bits per heavy atom. The van der Waals surface area contributed by atoms with Gasteiger partial charge in [0.15, 0.2) is 0 Å². The van der Waals surface area contributed by atoms with E-state index < -0.39 is 6.09 Å². The molecule has 2 heterocycles. The molecule has 29 heavy (non-hydrogen) atoms. The number of hydrogen-bond donors (Lipinski definition) is 2. The van der Waals surface area contributed by atoms with Gasteiger partial charge in [-0.05, 0) is 48.9 Å². The molecular formula is C22H29N3O3S. The SMILES string of the molecule is CC1CCN(C(CNC(=O)CNC(=O)OCc2ccccc2)c2cccs2)CC1. The Hall–Kier alpha value is -2.38. The number of amides is 2. The highest BCUT2D eigenvalue weighted by Gasteiger charge is 2.25. The number of thiophene rings is 1. The number of benzene rings is 1. The first-order valence-electron chi connectivity index (χ1n) is 10.1. The van der Waals surface area contributed by atoms with Gasteiger partial charge in [-0.15, -0.1) is 11.3 Å². The minimum Gasteiger partial charge on any atom is -0.445 e. The van der Waals surface area contributed by atoms with Crippen LogP contribution in [0.2, 0.25) is 0 Å². The molecule has 0 bridgehead atoms. The van der Waals surface area contributed by atoms with E-state index in [-0.39, 0.29) is 25.1 Å². The van der Waals surface area contributed by atoms with Gasteiger partial charge < -0.3 is 15.4 Å². The minimum absolute atomic E-state index is 0.0954. The summed E-state index contributed by atoms with van der Waals surface area (Å²) >= 11 is 1.72. The van der Waals surface area contributed by atoms with Gasteiger partial charge in [0.2, 0.25) is 5.91 Å². The topological polar surface area (TPSA) is 70.7 Å². The Bertz CT molecular complexity index is 759. The van der Waals surface area contributed by atoms with Crippen molar-refractivity contribution in [1.82, 2.24) is 15.5 Å². The fourth-order valence-corrected chi connectivity index (χ4v) is 4.29. The summed E-state index contributed by atoms with van der Waals surface area (Å²) in [5.74, 6) is 0.546. The highest BCUT2D eigenvalue weighted by molar-refractivity contribution is 7.10. The number of likely N-dealkylation sites (tertiary alicyclic amines) is 1. The van der Waals surface area contributed by atoms with Gasteiger partial charge in [-0.2, -0.15) is 0 Å². The molecular weight excluding hydrogens is 386 g/mol. The predicted octanol–water partition coefficient (Wildman–Crippen LogP) is 3.56. The summed E-state index contributed by atoms with van der Waals surface area (Å²) in [6, 6.07) is 13.8. The molecule has 0 saturated carbocycles. The van der Waals surface area contributed by atoms with E-state index in [0.29, 0.717) is 6.54 Å². The Morgan fingerprint density at radius 2 is 1.90 bits per heavy atom. The molecule has 1 fully saturated rings. The molecule has 2 amide bonds. The fraction of sp³-hybridized carbons (Fsp3) is 0.455. The number of alkyl carbamates (subject to hydrolysis) is 1. The normalized spacial score (nSPS) is 16.2. The molecule has 0 spiro atoms. The zero-order valence-corrected chi connectivity index (χ0v) is 17.6. The maximum absolute atomic E-state index is 12.2. The van der Waals surface area contributed by atoms with E-state index in [1.807, 2.05) is 36.4 Å². The first kappa shape index (κ1) is 21.3. The van der Waals surface area contributed by atoms with Crippen molar-refractivity contribution >= 4 is 23.3 Å². The number of piperidine rings is 1. The zero-order valence-electron chi connectivity index (χ0n) is 16.8. The molecule has 0 aliphatic carbocycles. The number of carbonyl (C=O) groups is 2. The summed E-state index contributed by atoms with van der Waals surface area (Å²) in [7, 11) is 0. The number of carbonyl (C=O) groups excluding carboxylic acids is 2. The van der Waals surface area contributed by atoms with Crippen LogP contribution < -0.4 is 10.6 Å². The third kappa shape index (κ3) is 6.87. The van der Waals surface area contributed by atoms with Crippen LogP contribution in [0, 0.1) is 5.92 Å². The summed E-state index contributed by atoms with van der Waals surface area (Å²) in [6.07, 6.45) is 1.78. The van der Waals surface area contributed by atoms with E-state index in [1.54, 1.807) is 11.3 Å². The average Bonchev–Trinajstić information content (AvgIpc) is 3.27. The van der Waals surface area contributed by atoms with E-state index in [1.165, 1.54) is 17.7 Å². The number of ether oxygens (including phenoxy) is 1. The smallest absolute Gasteiger partial charge is 0.407 e. The van der Waals surface area contributed by atoms with Gasteiger partial charge in [0.25, 0.3) is 0 Å². The second-order valence-electron chi connectivity index (χ2n) is 7.47. The lowest BCUT2D eigenvalue weighted by molar-refractivity contribution is -0.120. The van der Waals surface area contributed by atoms with Crippen molar-refractivity contribution in [2.24, 2.45) is 5.92 Å². The molecule has 156 valence electrons. The first-order valence-corrected chi connectivity index (χ1v) is 11.0. The molecule has 2 aromatic rings. The number of hydrogen-bond acceptors (Lipinski definition) is 5. The van der Waals surface area contributed by atoms with Crippen LogP contribution in [0.15, 0.2) is 47.8 Å². The number of nitrogens with one attached hydrogen (secondary N) is 2. The van der Waals surface area contributed by atoms with Gasteiger partial charge >= 0.3 is 6.09 Å². The molecule has 0 radical (unpaired) electrons. The van der Waals surface area contributed by atoms with Gasteiger partial charge in [0.1, 0.15) is 6.61 Å². The fourth-order valence-electron chi connectivity index (χ4n) is 3.43. The maximum atomic E-state index is 12.2. The summed E-state index contributed by atoms with van der Waals surface area (Å²) in [5.41, 5.74) is 0.904. The van der Waals surface area contributed by atoms with Crippen LogP contribution in [0.25, 0.3) is 0 Å². The molecule has 1 aliphatic rings. The van der Waals surface area contributed by atoms with Gasteiger partial charge in [0, 0.05) is 11.4 Å². The summed E-state index contributed by atoms with van der Waals surface area (Å²) in [4.78, 5) is 27.7. The molecule has 1 unspecified atom stereocenters. The lowest BCUT2D eigenvalue weighted by Gasteiger charge is -2.36. The lowest BCUT2D eigenvalue weighted by atomic mass is 9.97. The van der Waals surface area contributed by atoms with Crippen LogP contribution in [0.4, 0.5) is 4.79 Å². The second-order valence-corrected chi connectivity index (χ2v) is 8.45. The van der Waals surface area contributed by atoms with Crippen molar-refractivity contribution in [1.29, 1.82) is 0 Å². The Kier molecular flexibility index (Phi) is 8.07. The molecule has 1 aliphatic heterocycles. The van der Waals surface area contributed by atoms with Gasteiger partial charge in [-0.3, -0.25) is 9.69 Å². The van der Waals surface area contributed by atoms with Crippen molar-refractivity contribution in [3.05, 3.63) is 58.3 Å². The first-order chi connectivity index (χ1) is 14.1. The average molecular weight is 416 g/mol. The molecule has 1 aromatic carbocycles. The molecule has 6 nitrogen and oxygen atoms in total. The van der Waals surface area contributed by atoms with Crippen LogP contribution in [-0.4, -0.2) is 43.1 Å². The third-order valence-corrected chi connectivity index (χ3v) is 6.20. The van der Waals surface area contributed by atoms with Gasteiger partial charge in [-0.1, -0.05) is 43.3 Å². The number of nitrogens with zero attached hydrogens (tertiary/aromatic N) is 1. The maximum Gasteiger partial charge on any atom is 0.407 e. The molecule has 1 atom stereocenters. The summed E-state index contributed by atoms with van der Waals surface area (Å²) < 4.78 is 5.13. The molecule has 2 N–H and O–H groups in total. The standard InChI is InChI=1S/C22H29N3O3S/c1-17-9-11-25(12-10-17)19(20-8-5-13-29-20)14-23-21(26)15-24-22(27)28-16-18-6-3-2-4-7-18/h2-8,13,17,19H,9-12,14-16H2,1H3,(H,23,26)(H,24,27). The van der Waals surface area contributed by atoms with Crippen molar-refractivity contribution in [3.63, 3.8) is 0 Å². The van der Waals surface area contributed by atoms with E-state index in [9.17, 15) is 9.59 Å². The monoisotopic (exact) mass is 415 g/mol. The Labute approximate surface area is 176 Å². The molecule has 1 saturated heterocycles. The summed E-state index contributed by atoms with van der Waals surface area (Å²) in [5, 5.41) is 7.55. The van der Waals surface area contributed by atoms with Crippen molar-refractivity contribution < 1.29 is 14.3 Å².